The number of nitrogens with zero attached hydrogens (tertiary/aromatic N) is 2. The van der Waals surface area contributed by atoms with Crippen LogP contribution < -0.4 is 11.1 Å². The Balaban J connectivity index is 1.42. The Hall–Kier alpha value is -3.20. The van der Waals surface area contributed by atoms with Crippen LogP contribution in [0.4, 0.5) is 0 Å². The van der Waals surface area contributed by atoms with Crippen LogP contribution in [-0.4, -0.2) is 53.9 Å². The second-order valence-corrected chi connectivity index (χ2v) is 8.74. The molecule has 0 bridgehead atoms. The Bertz CT molecular complexity index is 1040. The third kappa shape index (κ3) is 4.93. The van der Waals surface area contributed by atoms with E-state index in [-0.39, 0.29) is 17.9 Å². The minimum atomic E-state index is -0.545. The third-order valence-electron chi connectivity index (χ3n) is 6.57. The molecule has 0 atom stereocenters. The van der Waals surface area contributed by atoms with Crippen molar-refractivity contribution in [3.8, 4) is 0 Å². The Labute approximate surface area is 192 Å². The van der Waals surface area contributed by atoms with Gasteiger partial charge in [-0.2, -0.15) is 5.10 Å². The van der Waals surface area contributed by atoms with Gasteiger partial charge in [0.05, 0.1) is 17.9 Å². The topological polar surface area (TPSA) is 126 Å². The number of aromatic nitrogens is 2. The predicted octanol–water partition coefficient (Wildman–Crippen LogP) is 1.87. The molecule has 0 aliphatic carbocycles. The molecule has 2 aliphatic rings. The second kappa shape index (κ2) is 9.74. The highest BCUT2D eigenvalue weighted by molar-refractivity contribution is 5.95. The van der Waals surface area contributed by atoms with E-state index in [2.05, 4.69) is 5.32 Å². The first-order valence-electron chi connectivity index (χ1n) is 11.4. The summed E-state index contributed by atoms with van der Waals surface area (Å²) in [7, 11) is 0. The van der Waals surface area contributed by atoms with Crippen LogP contribution in [0.15, 0.2) is 24.3 Å². The van der Waals surface area contributed by atoms with Crippen molar-refractivity contribution in [1.82, 2.24) is 15.1 Å². The van der Waals surface area contributed by atoms with Crippen LogP contribution in [0.1, 0.15) is 68.6 Å². The average molecular weight is 455 g/mol. The van der Waals surface area contributed by atoms with Gasteiger partial charge in [-0.05, 0) is 68.7 Å². The van der Waals surface area contributed by atoms with Gasteiger partial charge < -0.3 is 20.5 Å². The summed E-state index contributed by atoms with van der Waals surface area (Å²) in [4.78, 5) is 36.3. The molecule has 0 radical (unpaired) electrons. The average Bonchev–Trinajstić information content (AvgIpc) is 3.10. The van der Waals surface area contributed by atoms with Crippen molar-refractivity contribution in [2.75, 3.05) is 26.4 Å². The number of ether oxygens (including phenoxy) is 2. The number of amides is 2. The van der Waals surface area contributed by atoms with Gasteiger partial charge in [-0.25, -0.2) is 4.79 Å². The van der Waals surface area contributed by atoms with E-state index in [1.54, 1.807) is 4.68 Å². The third-order valence-corrected chi connectivity index (χ3v) is 6.57. The number of hydrogen-bond donors (Lipinski definition) is 2. The normalized spacial score (nSPS) is 17.2. The summed E-state index contributed by atoms with van der Waals surface area (Å²) in [6.45, 7) is 4.89. The smallest absolute Gasteiger partial charge is 0.338 e. The fourth-order valence-electron chi connectivity index (χ4n) is 4.62. The van der Waals surface area contributed by atoms with Crippen LogP contribution in [0.25, 0.3) is 0 Å². The molecular formula is C24H30N4O5. The summed E-state index contributed by atoms with van der Waals surface area (Å²) in [5.74, 6) is -1.07. The maximum Gasteiger partial charge on any atom is 0.338 e. The van der Waals surface area contributed by atoms with E-state index in [0.29, 0.717) is 56.0 Å². The zero-order valence-corrected chi connectivity index (χ0v) is 18.9. The van der Waals surface area contributed by atoms with Crippen LogP contribution in [0.5, 0.6) is 0 Å². The summed E-state index contributed by atoms with van der Waals surface area (Å²) in [6, 6.07) is 6.06. The lowest BCUT2D eigenvalue weighted by Crippen LogP contribution is -2.40. The number of rotatable bonds is 7. The van der Waals surface area contributed by atoms with E-state index in [0.717, 1.165) is 30.5 Å². The number of carbonyl (C=O) groups is 3. The molecule has 33 heavy (non-hydrogen) atoms. The van der Waals surface area contributed by atoms with Gasteiger partial charge in [0.1, 0.15) is 5.69 Å². The minimum Gasteiger partial charge on any atom is -0.462 e. The number of aryl methyl sites for hydroxylation is 2. The van der Waals surface area contributed by atoms with Gasteiger partial charge in [-0.3, -0.25) is 14.3 Å². The van der Waals surface area contributed by atoms with Gasteiger partial charge in [0.15, 0.2) is 0 Å². The van der Waals surface area contributed by atoms with Crippen molar-refractivity contribution in [1.29, 1.82) is 0 Å². The molecule has 1 saturated heterocycles. The molecule has 0 saturated carbocycles. The van der Waals surface area contributed by atoms with Crippen molar-refractivity contribution in [2.45, 2.75) is 45.6 Å². The summed E-state index contributed by atoms with van der Waals surface area (Å²) >= 11 is 0. The number of nitrogens with one attached hydrogen (secondary N) is 1. The van der Waals surface area contributed by atoms with E-state index in [1.807, 2.05) is 6.92 Å². The van der Waals surface area contributed by atoms with E-state index in [9.17, 15) is 14.4 Å². The Morgan fingerprint density at radius 3 is 2.58 bits per heavy atom. The van der Waals surface area contributed by atoms with Crippen LogP contribution in [0.2, 0.25) is 0 Å². The summed E-state index contributed by atoms with van der Waals surface area (Å²) in [6.07, 6.45) is 3.83. The highest BCUT2D eigenvalue weighted by Gasteiger charge is 2.39. The molecule has 1 aromatic heterocycles. The number of primary amides is 1. The van der Waals surface area contributed by atoms with Gasteiger partial charge in [0, 0.05) is 37.4 Å². The van der Waals surface area contributed by atoms with Crippen molar-refractivity contribution < 1.29 is 23.9 Å². The molecule has 9 nitrogen and oxygen atoms in total. The van der Waals surface area contributed by atoms with Gasteiger partial charge in [-0.1, -0.05) is 0 Å². The summed E-state index contributed by atoms with van der Waals surface area (Å²) in [5.41, 5.74) is 8.49. The van der Waals surface area contributed by atoms with Gasteiger partial charge in [0.2, 0.25) is 5.91 Å². The van der Waals surface area contributed by atoms with Crippen molar-refractivity contribution in [2.24, 2.45) is 11.1 Å². The standard InChI is InChI=1S/C24H30N4O5/c1-2-28-20-18(14-24(15-26-22(20)30)9-12-32-13-10-24)19(27-28)4-3-11-33-23(31)17-7-5-16(6-8-17)21(25)29/h5-8H,2-4,9-15H2,1H3,(H2,25,29)(H,26,30). The Morgan fingerprint density at radius 1 is 1.21 bits per heavy atom. The van der Waals surface area contributed by atoms with Gasteiger partial charge >= 0.3 is 5.97 Å². The Kier molecular flexibility index (Phi) is 6.78. The van der Waals surface area contributed by atoms with Crippen LogP contribution in [-0.2, 0) is 28.9 Å². The lowest BCUT2D eigenvalue weighted by Gasteiger charge is -2.36. The maximum absolute atomic E-state index is 12.9. The molecule has 0 unspecified atom stereocenters. The molecule has 1 fully saturated rings. The summed E-state index contributed by atoms with van der Waals surface area (Å²) < 4.78 is 12.7. The minimum absolute atomic E-state index is 0.000937. The predicted molar refractivity (Wildman–Crippen MR) is 120 cm³/mol. The van der Waals surface area contributed by atoms with Crippen LogP contribution in [0.3, 0.4) is 0 Å². The molecule has 2 aliphatic heterocycles. The monoisotopic (exact) mass is 454 g/mol. The lowest BCUT2D eigenvalue weighted by molar-refractivity contribution is 0.0160. The molecule has 9 heteroatoms. The van der Waals surface area contributed by atoms with Crippen LogP contribution >= 0.6 is 0 Å². The molecule has 1 aromatic carbocycles. The fourth-order valence-corrected chi connectivity index (χ4v) is 4.62. The first-order chi connectivity index (χ1) is 15.9. The van der Waals surface area contributed by atoms with Gasteiger partial charge in [0.25, 0.3) is 5.91 Å². The number of esters is 1. The molecule has 3 N–H and O–H groups in total. The SMILES string of the molecule is CCn1nc(CCCOC(=O)c2ccc(C(N)=O)cc2)c2c1C(=O)NCC1(CCOCC1)C2. The zero-order chi connectivity index (χ0) is 23.4. The number of carbonyl (C=O) groups excluding carboxylic acids is 3. The molecular weight excluding hydrogens is 424 g/mol. The molecule has 4 rings (SSSR count). The first-order valence-corrected chi connectivity index (χ1v) is 11.4. The van der Waals surface area contributed by atoms with E-state index in [1.165, 1.54) is 24.3 Å². The number of nitrogens with two attached hydrogens (primary N) is 1. The van der Waals surface area contributed by atoms with Crippen LogP contribution in [0, 0.1) is 5.41 Å². The number of benzene rings is 1. The lowest BCUT2D eigenvalue weighted by atomic mass is 9.75. The van der Waals surface area contributed by atoms with Gasteiger partial charge in [-0.15, -0.1) is 0 Å². The van der Waals surface area contributed by atoms with Crippen molar-refractivity contribution >= 4 is 17.8 Å². The highest BCUT2D eigenvalue weighted by atomic mass is 16.5. The zero-order valence-electron chi connectivity index (χ0n) is 18.9. The van der Waals surface area contributed by atoms with Crippen molar-refractivity contribution in [3.63, 3.8) is 0 Å². The summed E-state index contributed by atoms with van der Waals surface area (Å²) in [5, 5.41) is 7.83. The van der Waals surface area contributed by atoms with E-state index in [4.69, 9.17) is 20.3 Å². The molecule has 3 heterocycles. The number of fused-ring (bicyclic) bond motifs is 1. The Morgan fingerprint density at radius 2 is 1.91 bits per heavy atom. The quantitative estimate of drug-likeness (QED) is 0.486. The molecule has 2 amide bonds. The van der Waals surface area contributed by atoms with E-state index >= 15 is 0 Å². The maximum atomic E-state index is 12.9. The molecule has 1 spiro atoms. The molecule has 176 valence electrons. The largest absolute Gasteiger partial charge is 0.462 e. The fraction of sp³-hybridized carbons (Fsp3) is 0.500. The number of hydrogen-bond acceptors (Lipinski definition) is 6. The highest BCUT2D eigenvalue weighted by Crippen LogP contribution is 2.37. The second-order valence-electron chi connectivity index (χ2n) is 8.74. The first kappa shape index (κ1) is 23.0. The molecule has 2 aromatic rings. The van der Waals surface area contributed by atoms with E-state index < -0.39 is 11.9 Å². The van der Waals surface area contributed by atoms with Crippen molar-refractivity contribution in [3.05, 3.63) is 52.3 Å².